The highest BCUT2D eigenvalue weighted by Crippen LogP contribution is 2.44. The molecule has 4 aromatic rings. The first-order valence-electron chi connectivity index (χ1n) is 12.7. The fraction of sp³-hybridized carbons (Fsp3) is 0.233. The molecule has 1 N–H and O–H groups in total. The van der Waals surface area contributed by atoms with Crippen LogP contribution in [0, 0.1) is 5.82 Å². The molecule has 0 radical (unpaired) electrons. The van der Waals surface area contributed by atoms with Crippen molar-refractivity contribution >= 4 is 44.1 Å². The summed E-state index contributed by atoms with van der Waals surface area (Å²) >= 11 is 1.10. The molecule has 1 amide bonds. The van der Waals surface area contributed by atoms with E-state index in [0.29, 0.717) is 39.4 Å². The normalized spacial score (nSPS) is 16.7. The van der Waals surface area contributed by atoms with Gasteiger partial charge in [-0.25, -0.2) is 9.37 Å². The van der Waals surface area contributed by atoms with Gasteiger partial charge in [-0.1, -0.05) is 55.4 Å². The molecule has 1 aliphatic heterocycles. The van der Waals surface area contributed by atoms with E-state index < -0.39 is 23.5 Å². The largest absolute Gasteiger partial charge is 0.507 e. The fourth-order valence-corrected chi connectivity index (χ4v) is 5.57. The Bertz CT molecular complexity index is 1560. The molecule has 0 spiro atoms. The van der Waals surface area contributed by atoms with Gasteiger partial charge in [-0.15, -0.1) is 0 Å². The maximum absolute atomic E-state index is 13.9. The number of carbonyl (C=O) groups excluding carboxylic acids is 2. The zero-order chi connectivity index (χ0) is 27.5. The smallest absolute Gasteiger partial charge is 0.301 e. The lowest BCUT2D eigenvalue weighted by atomic mass is 9.95. The van der Waals surface area contributed by atoms with Crippen molar-refractivity contribution in [2.45, 2.75) is 32.2 Å². The summed E-state index contributed by atoms with van der Waals surface area (Å²) < 4.78 is 25.5. The number of amides is 1. The fourth-order valence-electron chi connectivity index (χ4n) is 4.55. The molecule has 3 aromatic carbocycles. The van der Waals surface area contributed by atoms with E-state index in [1.54, 1.807) is 48.5 Å². The van der Waals surface area contributed by atoms with E-state index in [4.69, 9.17) is 9.47 Å². The van der Waals surface area contributed by atoms with E-state index in [1.807, 2.05) is 0 Å². The van der Waals surface area contributed by atoms with Crippen LogP contribution in [0.5, 0.6) is 11.5 Å². The molecule has 0 aliphatic carbocycles. The van der Waals surface area contributed by atoms with Crippen LogP contribution in [0.2, 0.25) is 0 Å². The summed E-state index contributed by atoms with van der Waals surface area (Å²) in [6, 6.07) is 16.9. The van der Waals surface area contributed by atoms with Crippen molar-refractivity contribution in [1.29, 1.82) is 0 Å². The quantitative estimate of drug-likeness (QED) is 0.110. The lowest BCUT2D eigenvalue weighted by molar-refractivity contribution is -0.132. The maximum atomic E-state index is 13.9. The van der Waals surface area contributed by atoms with Crippen molar-refractivity contribution in [3.8, 4) is 11.5 Å². The van der Waals surface area contributed by atoms with Gasteiger partial charge >= 0.3 is 5.91 Å². The molecule has 1 saturated heterocycles. The third kappa shape index (κ3) is 5.22. The van der Waals surface area contributed by atoms with Crippen LogP contribution in [-0.4, -0.2) is 35.5 Å². The van der Waals surface area contributed by atoms with Gasteiger partial charge in [0.15, 0.2) is 5.13 Å². The molecule has 1 aromatic heterocycles. The molecular weight excluding hydrogens is 519 g/mol. The molecule has 0 saturated carbocycles. The molecule has 1 aliphatic rings. The Balaban J connectivity index is 1.61. The predicted molar refractivity (Wildman–Crippen MR) is 149 cm³/mol. The lowest BCUT2D eigenvalue weighted by Gasteiger charge is -2.23. The number of ether oxygens (including phenoxy) is 2. The summed E-state index contributed by atoms with van der Waals surface area (Å²) in [7, 11) is 1.50. The van der Waals surface area contributed by atoms with Gasteiger partial charge in [0.2, 0.25) is 0 Å². The molecule has 200 valence electrons. The first-order chi connectivity index (χ1) is 18.9. The second kappa shape index (κ2) is 11.2. The van der Waals surface area contributed by atoms with Gasteiger partial charge in [-0.2, -0.15) is 0 Å². The van der Waals surface area contributed by atoms with Crippen LogP contribution in [0.1, 0.15) is 43.4 Å². The number of aliphatic hydroxyl groups excluding tert-OH is 1. The Kier molecular flexibility index (Phi) is 7.60. The molecule has 9 heteroatoms. The Morgan fingerprint density at radius 3 is 2.59 bits per heavy atom. The minimum Gasteiger partial charge on any atom is -0.507 e. The van der Waals surface area contributed by atoms with Gasteiger partial charge in [0.25, 0.3) is 5.78 Å². The van der Waals surface area contributed by atoms with Crippen LogP contribution < -0.4 is 14.4 Å². The second-order valence-corrected chi connectivity index (χ2v) is 10.1. The summed E-state index contributed by atoms with van der Waals surface area (Å²) in [6.45, 7) is 2.71. The molecule has 1 unspecified atom stereocenters. The predicted octanol–water partition coefficient (Wildman–Crippen LogP) is 6.64. The van der Waals surface area contributed by atoms with Gasteiger partial charge < -0.3 is 14.6 Å². The Labute approximate surface area is 229 Å². The highest BCUT2D eigenvalue weighted by molar-refractivity contribution is 7.22. The summed E-state index contributed by atoms with van der Waals surface area (Å²) in [5.41, 5.74) is 1.35. The first-order valence-corrected chi connectivity index (χ1v) is 13.5. The summed E-state index contributed by atoms with van der Waals surface area (Å²) in [5.74, 6) is -1.28. The van der Waals surface area contributed by atoms with Crippen LogP contribution in [-0.2, 0) is 9.59 Å². The second-order valence-electron chi connectivity index (χ2n) is 9.13. The summed E-state index contributed by atoms with van der Waals surface area (Å²) in [5, 5.41) is 11.6. The number of aliphatic hydroxyl groups is 1. The van der Waals surface area contributed by atoms with E-state index in [9.17, 15) is 19.1 Å². The number of ketones is 1. The minimum absolute atomic E-state index is 0.0738. The Morgan fingerprint density at radius 2 is 1.85 bits per heavy atom. The number of unbranched alkanes of at least 4 members (excludes halogenated alkanes) is 2. The number of benzene rings is 3. The SMILES string of the molecule is CCCCCOc1ccc(C2C(=C(O)c3cccc(OC)c3)C(=O)C(=O)N2c2nc3ccc(F)cc3s2)cc1. The number of rotatable bonds is 9. The topological polar surface area (TPSA) is 89.0 Å². The zero-order valence-corrected chi connectivity index (χ0v) is 22.3. The van der Waals surface area contributed by atoms with E-state index >= 15 is 0 Å². The Hall–Kier alpha value is -4.24. The maximum Gasteiger partial charge on any atom is 0.301 e. The Morgan fingerprint density at radius 1 is 1.05 bits per heavy atom. The standard InChI is InChI=1S/C30H27FN2O5S/c1-3-4-5-15-38-21-12-9-18(10-13-21)26-25(27(34)19-7-6-8-22(16-19)37-2)28(35)29(36)33(26)30-32-23-14-11-20(31)17-24(23)39-30/h6-14,16-17,26,34H,3-5,15H2,1-2H3. The highest BCUT2D eigenvalue weighted by Gasteiger charge is 2.48. The van der Waals surface area contributed by atoms with Gasteiger partial charge in [0, 0.05) is 5.56 Å². The van der Waals surface area contributed by atoms with E-state index in [1.165, 1.54) is 30.2 Å². The van der Waals surface area contributed by atoms with Crippen molar-refractivity contribution in [2.24, 2.45) is 0 Å². The van der Waals surface area contributed by atoms with Gasteiger partial charge in [-0.05, 0) is 54.4 Å². The van der Waals surface area contributed by atoms with Gasteiger partial charge in [0.1, 0.15) is 23.1 Å². The van der Waals surface area contributed by atoms with E-state index in [0.717, 1.165) is 30.6 Å². The number of hydrogen-bond donors (Lipinski definition) is 1. The first kappa shape index (κ1) is 26.4. The van der Waals surface area contributed by atoms with Crippen LogP contribution in [0.3, 0.4) is 0 Å². The number of Topliss-reactive ketones (excluding diaryl/α,β-unsaturated/α-hetero) is 1. The number of thiazole rings is 1. The van der Waals surface area contributed by atoms with Crippen molar-refractivity contribution in [2.75, 3.05) is 18.6 Å². The van der Waals surface area contributed by atoms with Crippen molar-refractivity contribution < 1.29 is 28.6 Å². The lowest BCUT2D eigenvalue weighted by Crippen LogP contribution is -2.29. The molecular formula is C30H27FN2O5S. The summed E-state index contributed by atoms with van der Waals surface area (Å²) in [4.78, 5) is 32.7. The minimum atomic E-state index is -0.962. The molecule has 7 nitrogen and oxygen atoms in total. The monoisotopic (exact) mass is 546 g/mol. The molecule has 2 heterocycles. The molecule has 1 atom stereocenters. The highest BCUT2D eigenvalue weighted by atomic mass is 32.1. The molecule has 0 bridgehead atoms. The van der Waals surface area contributed by atoms with Crippen molar-refractivity contribution in [3.63, 3.8) is 0 Å². The van der Waals surface area contributed by atoms with Gasteiger partial charge in [-0.3, -0.25) is 14.5 Å². The van der Waals surface area contributed by atoms with Crippen LogP contribution in [0.25, 0.3) is 16.0 Å². The average Bonchev–Trinajstić information content (AvgIpc) is 3.48. The third-order valence-corrected chi connectivity index (χ3v) is 7.56. The zero-order valence-electron chi connectivity index (χ0n) is 21.5. The van der Waals surface area contributed by atoms with Gasteiger partial charge in [0.05, 0.1) is 35.5 Å². The molecule has 39 heavy (non-hydrogen) atoms. The number of carbonyl (C=O) groups is 2. The van der Waals surface area contributed by atoms with Crippen molar-refractivity contribution in [3.05, 3.63) is 89.2 Å². The van der Waals surface area contributed by atoms with Crippen LogP contribution >= 0.6 is 11.3 Å². The third-order valence-electron chi connectivity index (χ3n) is 6.55. The molecule has 1 fully saturated rings. The number of anilines is 1. The van der Waals surface area contributed by atoms with Crippen LogP contribution in [0.15, 0.2) is 72.3 Å². The molecule has 5 rings (SSSR count). The number of aromatic nitrogens is 1. The van der Waals surface area contributed by atoms with Crippen LogP contribution in [0.4, 0.5) is 9.52 Å². The van der Waals surface area contributed by atoms with E-state index in [2.05, 4.69) is 11.9 Å². The number of methoxy groups -OCH3 is 1. The van der Waals surface area contributed by atoms with Crippen molar-refractivity contribution in [1.82, 2.24) is 4.98 Å². The number of nitrogens with zero attached hydrogens (tertiary/aromatic N) is 2. The number of hydrogen-bond acceptors (Lipinski definition) is 7. The summed E-state index contributed by atoms with van der Waals surface area (Å²) in [6.07, 6.45) is 3.10. The van der Waals surface area contributed by atoms with E-state index in [-0.39, 0.29) is 16.5 Å². The average molecular weight is 547 g/mol. The number of fused-ring (bicyclic) bond motifs is 1. The number of halogens is 1.